The number of nitrogens with zero attached hydrogens (tertiary/aromatic N) is 1. The number of nitrogens with one attached hydrogen (secondary N) is 1. The SMILES string of the molecule is COc1cc(C(=O)O)ccc1OCC(C)NC(=O)Cc1ccc(N(C(N)=O)c2ccccc2C)c(OC)c1. The van der Waals surface area contributed by atoms with E-state index >= 15 is 0 Å². The van der Waals surface area contributed by atoms with Crippen LogP contribution in [-0.2, 0) is 11.2 Å². The second-order valence-electron chi connectivity index (χ2n) is 8.59. The van der Waals surface area contributed by atoms with Crippen molar-refractivity contribution in [2.24, 2.45) is 5.73 Å². The molecular weight excluding hydrogens is 490 g/mol. The lowest BCUT2D eigenvalue weighted by molar-refractivity contribution is -0.121. The Balaban J connectivity index is 1.66. The van der Waals surface area contributed by atoms with Crippen molar-refractivity contribution in [3.63, 3.8) is 0 Å². The van der Waals surface area contributed by atoms with E-state index in [1.165, 1.54) is 37.3 Å². The average molecular weight is 522 g/mol. The summed E-state index contributed by atoms with van der Waals surface area (Å²) in [5.74, 6) is -0.268. The van der Waals surface area contributed by atoms with E-state index in [0.29, 0.717) is 28.4 Å². The summed E-state index contributed by atoms with van der Waals surface area (Å²) in [4.78, 5) is 37.5. The van der Waals surface area contributed by atoms with Gasteiger partial charge in [0.15, 0.2) is 11.5 Å². The monoisotopic (exact) mass is 521 g/mol. The van der Waals surface area contributed by atoms with Gasteiger partial charge in [-0.3, -0.25) is 9.69 Å². The number of carboxylic acid groups (broad SMARTS) is 1. The van der Waals surface area contributed by atoms with Crippen molar-refractivity contribution in [3.05, 3.63) is 77.4 Å². The third kappa shape index (κ3) is 6.73. The highest BCUT2D eigenvalue weighted by Gasteiger charge is 2.21. The summed E-state index contributed by atoms with van der Waals surface area (Å²) >= 11 is 0. The molecule has 200 valence electrons. The van der Waals surface area contributed by atoms with Gasteiger partial charge in [0.2, 0.25) is 5.91 Å². The van der Waals surface area contributed by atoms with Crippen LogP contribution in [0.5, 0.6) is 17.2 Å². The van der Waals surface area contributed by atoms with Crippen molar-refractivity contribution < 1.29 is 33.7 Å². The Morgan fingerprint density at radius 1 is 0.947 bits per heavy atom. The van der Waals surface area contributed by atoms with Gasteiger partial charge in [-0.25, -0.2) is 9.59 Å². The maximum absolute atomic E-state index is 12.7. The number of hydrogen-bond acceptors (Lipinski definition) is 6. The van der Waals surface area contributed by atoms with E-state index in [0.717, 1.165) is 5.56 Å². The van der Waals surface area contributed by atoms with Crippen molar-refractivity contribution in [1.82, 2.24) is 5.32 Å². The molecule has 3 aromatic carbocycles. The first-order valence-corrected chi connectivity index (χ1v) is 11.8. The van der Waals surface area contributed by atoms with Crippen LogP contribution in [0.25, 0.3) is 0 Å². The number of primary amides is 1. The Bertz CT molecular complexity index is 1330. The second-order valence-corrected chi connectivity index (χ2v) is 8.59. The van der Waals surface area contributed by atoms with E-state index in [1.54, 1.807) is 31.2 Å². The predicted octanol–water partition coefficient (Wildman–Crippen LogP) is 4.05. The molecule has 0 fully saturated rings. The number of benzene rings is 3. The number of para-hydroxylation sites is 1. The normalized spacial score (nSPS) is 11.3. The van der Waals surface area contributed by atoms with Gasteiger partial charge < -0.3 is 30.4 Å². The van der Waals surface area contributed by atoms with Gasteiger partial charge in [-0.2, -0.15) is 0 Å². The summed E-state index contributed by atoms with van der Waals surface area (Å²) in [5, 5.41) is 12.0. The van der Waals surface area contributed by atoms with Gasteiger partial charge in [0.1, 0.15) is 12.4 Å². The summed E-state index contributed by atoms with van der Waals surface area (Å²) in [6.45, 7) is 3.80. The van der Waals surface area contributed by atoms with Crippen molar-refractivity contribution in [2.45, 2.75) is 26.3 Å². The van der Waals surface area contributed by atoms with Crippen LogP contribution in [-0.4, -0.2) is 49.9 Å². The molecule has 3 rings (SSSR count). The molecule has 10 heteroatoms. The minimum Gasteiger partial charge on any atom is -0.495 e. The fraction of sp³-hybridized carbons (Fsp3) is 0.250. The number of urea groups is 1. The Morgan fingerprint density at radius 3 is 2.29 bits per heavy atom. The first kappa shape index (κ1) is 27.9. The van der Waals surface area contributed by atoms with Crippen LogP contribution in [0.1, 0.15) is 28.4 Å². The fourth-order valence-corrected chi connectivity index (χ4v) is 3.89. The highest BCUT2D eigenvalue weighted by Crippen LogP contribution is 2.36. The number of aryl methyl sites for hydroxylation is 1. The molecule has 10 nitrogen and oxygen atoms in total. The molecule has 1 unspecified atom stereocenters. The highest BCUT2D eigenvalue weighted by atomic mass is 16.5. The Morgan fingerprint density at radius 2 is 1.66 bits per heavy atom. The van der Waals surface area contributed by atoms with Gasteiger partial charge in [0, 0.05) is 0 Å². The number of aromatic carboxylic acids is 1. The largest absolute Gasteiger partial charge is 0.495 e. The molecule has 0 saturated carbocycles. The average Bonchev–Trinajstić information content (AvgIpc) is 2.88. The topological polar surface area (TPSA) is 140 Å². The van der Waals surface area contributed by atoms with E-state index in [4.69, 9.17) is 25.1 Å². The lowest BCUT2D eigenvalue weighted by Gasteiger charge is -2.24. The summed E-state index contributed by atoms with van der Waals surface area (Å²) in [7, 11) is 2.90. The summed E-state index contributed by atoms with van der Waals surface area (Å²) in [5.41, 5.74) is 8.41. The van der Waals surface area contributed by atoms with Gasteiger partial charge >= 0.3 is 12.0 Å². The minimum atomic E-state index is -1.07. The first-order valence-electron chi connectivity index (χ1n) is 11.8. The van der Waals surface area contributed by atoms with Crippen LogP contribution in [0, 0.1) is 6.92 Å². The zero-order chi connectivity index (χ0) is 27.8. The quantitative estimate of drug-likeness (QED) is 0.346. The molecule has 0 radical (unpaired) electrons. The Hall–Kier alpha value is -4.73. The number of methoxy groups -OCH3 is 2. The zero-order valence-electron chi connectivity index (χ0n) is 21.7. The Kier molecular flexibility index (Phi) is 9.15. The summed E-state index contributed by atoms with van der Waals surface area (Å²) < 4.78 is 16.5. The van der Waals surface area contributed by atoms with Crippen molar-refractivity contribution >= 4 is 29.3 Å². The summed E-state index contributed by atoms with van der Waals surface area (Å²) in [6.07, 6.45) is 0.0680. The maximum Gasteiger partial charge on any atom is 0.335 e. The number of carbonyl (C=O) groups excluding carboxylic acids is 2. The zero-order valence-corrected chi connectivity index (χ0v) is 21.7. The molecule has 4 N–H and O–H groups in total. The smallest absolute Gasteiger partial charge is 0.335 e. The molecule has 0 saturated heterocycles. The number of ether oxygens (including phenoxy) is 3. The lowest BCUT2D eigenvalue weighted by atomic mass is 10.1. The number of nitrogens with two attached hydrogens (primary N) is 1. The van der Waals surface area contributed by atoms with Crippen LogP contribution < -0.4 is 30.2 Å². The van der Waals surface area contributed by atoms with Crippen molar-refractivity contribution in [3.8, 4) is 17.2 Å². The van der Waals surface area contributed by atoms with Gasteiger partial charge in [-0.05, 0) is 61.4 Å². The predicted molar refractivity (Wildman–Crippen MR) is 143 cm³/mol. The molecule has 0 aromatic heterocycles. The van der Waals surface area contributed by atoms with Crippen LogP contribution in [0.15, 0.2) is 60.7 Å². The van der Waals surface area contributed by atoms with Crippen LogP contribution >= 0.6 is 0 Å². The standard InChI is InChI=1S/C28H31N3O7/c1-17-7-5-6-8-21(17)31(28(29)35)22-11-9-19(13-24(22)36-3)14-26(32)30-18(2)16-38-23-12-10-20(27(33)34)15-25(23)37-4/h5-13,15,18H,14,16H2,1-4H3,(H2,29,35)(H,30,32)(H,33,34). The highest BCUT2D eigenvalue weighted by molar-refractivity contribution is 6.00. The number of rotatable bonds is 11. The third-order valence-electron chi connectivity index (χ3n) is 5.73. The molecule has 0 heterocycles. The van der Waals surface area contributed by atoms with E-state index in [-0.39, 0.29) is 36.3 Å². The van der Waals surface area contributed by atoms with Crippen molar-refractivity contribution in [2.75, 3.05) is 25.7 Å². The first-order chi connectivity index (χ1) is 18.1. The molecule has 38 heavy (non-hydrogen) atoms. The number of amides is 3. The Labute approximate surface area is 220 Å². The lowest BCUT2D eigenvalue weighted by Crippen LogP contribution is -2.37. The van der Waals surface area contributed by atoms with Crippen LogP contribution in [0.3, 0.4) is 0 Å². The number of carbonyl (C=O) groups is 3. The van der Waals surface area contributed by atoms with Crippen LogP contribution in [0.2, 0.25) is 0 Å². The molecule has 0 spiro atoms. The molecule has 0 aliphatic rings. The maximum atomic E-state index is 12.7. The van der Waals surface area contributed by atoms with Gasteiger partial charge in [0.25, 0.3) is 0 Å². The molecule has 1 atom stereocenters. The van der Waals surface area contributed by atoms with Crippen LogP contribution in [0.4, 0.5) is 16.2 Å². The van der Waals surface area contributed by atoms with Gasteiger partial charge in [-0.1, -0.05) is 24.3 Å². The molecule has 0 aliphatic carbocycles. The molecular formula is C28H31N3O7. The molecule has 3 aromatic rings. The number of carboxylic acids is 1. The molecule has 0 bridgehead atoms. The third-order valence-corrected chi connectivity index (χ3v) is 5.73. The molecule has 3 amide bonds. The fourth-order valence-electron chi connectivity index (χ4n) is 3.89. The van der Waals surface area contributed by atoms with Gasteiger partial charge in [0.05, 0.1) is 43.6 Å². The van der Waals surface area contributed by atoms with Crippen molar-refractivity contribution in [1.29, 1.82) is 0 Å². The number of hydrogen-bond donors (Lipinski definition) is 3. The van der Waals surface area contributed by atoms with E-state index in [1.807, 2.05) is 25.1 Å². The minimum absolute atomic E-state index is 0.0680. The van der Waals surface area contributed by atoms with E-state index in [2.05, 4.69) is 5.32 Å². The summed E-state index contributed by atoms with van der Waals surface area (Å²) in [6, 6.07) is 15.8. The molecule has 0 aliphatic heterocycles. The second kappa shape index (κ2) is 12.5. The van der Waals surface area contributed by atoms with E-state index < -0.39 is 12.0 Å². The van der Waals surface area contributed by atoms with E-state index in [9.17, 15) is 14.4 Å². The number of anilines is 2. The van der Waals surface area contributed by atoms with Gasteiger partial charge in [-0.15, -0.1) is 0 Å².